The van der Waals surface area contributed by atoms with E-state index in [9.17, 15) is 17.6 Å². The third-order valence-electron chi connectivity index (χ3n) is 2.73. The Kier molecular flexibility index (Phi) is 6.26. The number of carbonyl (C=O) groups is 1. The van der Waals surface area contributed by atoms with E-state index in [0.29, 0.717) is 19.6 Å². The summed E-state index contributed by atoms with van der Waals surface area (Å²) >= 11 is 3.04. The lowest BCUT2D eigenvalue weighted by atomic mass is 10.2. The first-order chi connectivity index (χ1) is 9.68. The van der Waals surface area contributed by atoms with Crippen LogP contribution in [0.1, 0.15) is 16.8 Å². The van der Waals surface area contributed by atoms with Crippen molar-refractivity contribution in [3.05, 3.63) is 28.0 Å². The molecule has 0 aliphatic rings. The first kappa shape index (κ1) is 18.0. The molecule has 118 valence electrons. The molecule has 0 radical (unpaired) electrons. The smallest absolute Gasteiger partial charge is 0.256 e. The normalized spacial score (nSPS) is 11.5. The average molecular weight is 383 g/mol. The van der Waals surface area contributed by atoms with Gasteiger partial charge in [-0.05, 0) is 18.6 Å². The zero-order valence-corrected chi connectivity index (χ0v) is 14.0. The van der Waals surface area contributed by atoms with Crippen LogP contribution in [0.5, 0.6) is 0 Å². The maximum absolute atomic E-state index is 14.2. The van der Waals surface area contributed by atoms with Crippen LogP contribution < -0.4 is 5.14 Å². The molecule has 0 aromatic heterocycles. The first-order valence-corrected chi connectivity index (χ1v) is 8.28. The molecule has 0 fully saturated rings. The second kappa shape index (κ2) is 7.30. The maximum atomic E-state index is 14.2. The van der Waals surface area contributed by atoms with Crippen LogP contribution in [0.3, 0.4) is 0 Å². The Morgan fingerprint density at radius 3 is 2.62 bits per heavy atom. The molecule has 0 aliphatic heterocycles. The zero-order valence-electron chi connectivity index (χ0n) is 11.6. The van der Waals surface area contributed by atoms with E-state index in [2.05, 4.69) is 15.9 Å². The van der Waals surface area contributed by atoms with Gasteiger partial charge in [0, 0.05) is 31.8 Å². The number of methoxy groups -OCH3 is 1. The summed E-state index contributed by atoms with van der Waals surface area (Å²) in [5, 5.41) is 4.94. The predicted molar refractivity (Wildman–Crippen MR) is 78.9 cm³/mol. The molecule has 1 rings (SSSR count). The van der Waals surface area contributed by atoms with Crippen molar-refractivity contribution >= 4 is 31.9 Å². The zero-order chi connectivity index (χ0) is 16.2. The number of amides is 1. The van der Waals surface area contributed by atoms with Gasteiger partial charge in [0.2, 0.25) is 10.0 Å². The summed E-state index contributed by atoms with van der Waals surface area (Å²) in [6, 6.07) is 2.24. The van der Waals surface area contributed by atoms with Crippen LogP contribution in [0.4, 0.5) is 4.39 Å². The number of nitrogens with zero attached hydrogens (tertiary/aromatic N) is 1. The lowest BCUT2D eigenvalue weighted by molar-refractivity contribution is 0.0774. The highest BCUT2D eigenvalue weighted by molar-refractivity contribution is 9.10. The fourth-order valence-corrected chi connectivity index (χ4v) is 2.94. The molecule has 0 heterocycles. The van der Waals surface area contributed by atoms with Crippen molar-refractivity contribution in [2.45, 2.75) is 11.3 Å². The van der Waals surface area contributed by atoms with Gasteiger partial charge in [0.15, 0.2) is 5.82 Å². The van der Waals surface area contributed by atoms with Crippen LogP contribution in [0.15, 0.2) is 21.5 Å². The van der Waals surface area contributed by atoms with Crippen molar-refractivity contribution < 1.29 is 22.3 Å². The molecule has 1 aromatic carbocycles. The van der Waals surface area contributed by atoms with Gasteiger partial charge in [-0.2, -0.15) is 0 Å². The Labute approximate surface area is 131 Å². The molecular weight excluding hydrogens is 367 g/mol. The molecule has 1 amide bonds. The molecule has 6 nitrogen and oxygen atoms in total. The number of halogens is 2. The fourth-order valence-electron chi connectivity index (χ4n) is 1.68. The largest absolute Gasteiger partial charge is 0.385 e. The molecule has 0 aliphatic carbocycles. The van der Waals surface area contributed by atoms with E-state index in [0.717, 1.165) is 6.07 Å². The summed E-state index contributed by atoms with van der Waals surface area (Å²) in [6.07, 6.45) is 0.580. The van der Waals surface area contributed by atoms with Crippen LogP contribution in [-0.2, 0) is 14.8 Å². The number of sulfonamides is 1. The highest BCUT2D eigenvalue weighted by Crippen LogP contribution is 2.24. The van der Waals surface area contributed by atoms with Crippen molar-refractivity contribution in [2.75, 3.05) is 27.3 Å². The molecule has 9 heteroatoms. The molecule has 0 unspecified atom stereocenters. The van der Waals surface area contributed by atoms with E-state index in [1.165, 1.54) is 25.1 Å². The standard InChI is InChI=1S/C12H16BrFN2O4S/c1-16(4-3-5-20-2)12(17)9-6-8(13)7-10(11(9)14)21(15,18)19/h6-7H,3-5H2,1-2H3,(H2,15,18,19). The molecule has 0 spiro atoms. The van der Waals surface area contributed by atoms with Gasteiger partial charge < -0.3 is 9.64 Å². The number of hydrogen-bond acceptors (Lipinski definition) is 4. The van der Waals surface area contributed by atoms with Crippen LogP contribution in [0, 0.1) is 5.82 Å². The number of carbonyl (C=O) groups excluding carboxylic acids is 1. The van der Waals surface area contributed by atoms with Crippen molar-refractivity contribution in [1.82, 2.24) is 4.90 Å². The van der Waals surface area contributed by atoms with Crippen LogP contribution in [0.25, 0.3) is 0 Å². The highest BCUT2D eigenvalue weighted by atomic mass is 79.9. The SMILES string of the molecule is COCCCN(C)C(=O)c1cc(Br)cc(S(N)(=O)=O)c1F. The Balaban J connectivity index is 3.13. The van der Waals surface area contributed by atoms with Gasteiger partial charge in [-0.3, -0.25) is 4.79 Å². The number of hydrogen-bond donors (Lipinski definition) is 1. The number of ether oxygens (including phenoxy) is 1. The minimum Gasteiger partial charge on any atom is -0.385 e. The Hall–Kier alpha value is -1.03. The summed E-state index contributed by atoms with van der Waals surface area (Å²) in [5.41, 5.74) is -0.353. The second-order valence-electron chi connectivity index (χ2n) is 4.38. The highest BCUT2D eigenvalue weighted by Gasteiger charge is 2.24. The number of primary sulfonamides is 1. The fraction of sp³-hybridized carbons (Fsp3) is 0.417. The van der Waals surface area contributed by atoms with Gasteiger partial charge in [0.25, 0.3) is 5.91 Å². The van der Waals surface area contributed by atoms with Gasteiger partial charge in [-0.15, -0.1) is 0 Å². The lowest BCUT2D eigenvalue weighted by Crippen LogP contribution is -2.30. The van der Waals surface area contributed by atoms with E-state index in [1.54, 1.807) is 0 Å². The van der Waals surface area contributed by atoms with Gasteiger partial charge in [0.1, 0.15) is 4.90 Å². The third-order valence-corrected chi connectivity index (χ3v) is 4.10. The van der Waals surface area contributed by atoms with E-state index < -0.39 is 26.6 Å². The molecule has 1 aromatic rings. The summed E-state index contributed by atoms with van der Waals surface area (Å²) in [5.74, 6) is -1.78. The van der Waals surface area contributed by atoms with Crippen molar-refractivity contribution in [1.29, 1.82) is 0 Å². The molecule has 0 saturated heterocycles. The van der Waals surface area contributed by atoms with E-state index >= 15 is 0 Å². The third kappa shape index (κ3) is 4.73. The van der Waals surface area contributed by atoms with Gasteiger partial charge in [-0.25, -0.2) is 17.9 Å². The number of benzene rings is 1. The van der Waals surface area contributed by atoms with Gasteiger partial charge in [-0.1, -0.05) is 15.9 Å². The van der Waals surface area contributed by atoms with Crippen LogP contribution in [0.2, 0.25) is 0 Å². The van der Waals surface area contributed by atoms with Crippen LogP contribution in [-0.4, -0.2) is 46.5 Å². The second-order valence-corrected chi connectivity index (χ2v) is 6.83. The van der Waals surface area contributed by atoms with Crippen LogP contribution >= 0.6 is 15.9 Å². The molecule has 0 bridgehead atoms. The van der Waals surface area contributed by atoms with Gasteiger partial charge >= 0.3 is 0 Å². The first-order valence-electron chi connectivity index (χ1n) is 5.94. The van der Waals surface area contributed by atoms with Crippen molar-refractivity contribution in [2.24, 2.45) is 5.14 Å². The summed E-state index contributed by atoms with van der Waals surface area (Å²) in [7, 11) is -1.22. The quantitative estimate of drug-likeness (QED) is 0.751. The number of nitrogens with two attached hydrogens (primary N) is 1. The van der Waals surface area contributed by atoms with E-state index in [1.807, 2.05) is 0 Å². The minimum absolute atomic E-state index is 0.251. The molecule has 21 heavy (non-hydrogen) atoms. The Morgan fingerprint density at radius 2 is 2.10 bits per heavy atom. The predicted octanol–water partition coefficient (Wildman–Crippen LogP) is 1.34. The van der Waals surface area contributed by atoms with Crippen molar-refractivity contribution in [3.63, 3.8) is 0 Å². The Bertz CT molecular complexity index is 636. The van der Waals surface area contributed by atoms with E-state index in [-0.39, 0.29) is 10.0 Å². The summed E-state index contributed by atoms with van der Waals surface area (Å²) in [6.45, 7) is 0.810. The van der Waals surface area contributed by atoms with Gasteiger partial charge in [0.05, 0.1) is 5.56 Å². The average Bonchev–Trinajstić information content (AvgIpc) is 2.39. The molecule has 0 saturated carbocycles. The summed E-state index contributed by atoms with van der Waals surface area (Å²) < 4.78 is 42.0. The maximum Gasteiger partial charge on any atom is 0.256 e. The topological polar surface area (TPSA) is 89.7 Å². The minimum atomic E-state index is -4.25. The van der Waals surface area contributed by atoms with Crippen molar-refractivity contribution in [3.8, 4) is 0 Å². The summed E-state index contributed by atoms with van der Waals surface area (Å²) in [4.78, 5) is 12.8. The molecule has 2 N–H and O–H groups in total. The Morgan fingerprint density at radius 1 is 1.48 bits per heavy atom. The molecular formula is C12H16BrFN2O4S. The number of rotatable bonds is 6. The van der Waals surface area contributed by atoms with E-state index in [4.69, 9.17) is 9.88 Å². The lowest BCUT2D eigenvalue weighted by Gasteiger charge is -2.18. The monoisotopic (exact) mass is 382 g/mol. The molecule has 0 atom stereocenters.